The molecule has 0 fully saturated rings. The normalized spacial score (nSPS) is 16.5. The van der Waals surface area contributed by atoms with Crippen molar-refractivity contribution < 1.29 is 4.74 Å². The Kier molecular flexibility index (Phi) is 3.92. The number of rotatable bonds is 5. The lowest BCUT2D eigenvalue weighted by Crippen LogP contribution is -2.48. The van der Waals surface area contributed by atoms with Gasteiger partial charge in [0.15, 0.2) is 0 Å². The smallest absolute Gasteiger partial charge is 0.0802 e. The van der Waals surface area contributed by atoms with E-state index in [1.807, 2.05) is 23.9 Å². The van der Waals surface area contributed by atoms with Gasteiger partial charge in [-0.15, -0.1) is 0 Å². The standard InChI is InChI=1S/C15H23N3O/c1-5-15(2,19-4)14(16)10-12-11-8-6-7-9-13(11)18(3)17-12/h6-9,14H,5,10,16H2,1-4H3. The molecule has 19 heavy (non-hydrogen) atoms. The van der Waals surface area contributed by atoms with E-state index in [9.17, 15) is 0 Å². The summed E-state index contributed by atoms with van der Waals surface area (Å²) in [6.45, 7) is 4.16. The second kappa shape index (κ2) is 5.31. The fraction of sp³-hybridized carbons (Fsp3) is 0.533. The van der Waals surface area contributed by atoms with Gasteiger partial charge in [0.2, 0.25) is 0 Å². The van der Waals surface area contributed by atoms with Crippen LogP contribution in [-0.2, 0) is 18.2 Å². The number of hydrogen-bond acceptors (Lipinski definition) is 3. The molecule has 0 aliphatic carbocycles. The van der Waals surface area contributed by atoms with Crippen molar-refractivity contribution in [3.05, 3.63) is 30.0 Å². The van der Waals surface area contributed by atoms with Crippen LogP contribution >= 0.6 is 0 Å². The number of benzene rings is 1. The summed E-state index contributed by atoms with van der Waals surface area (Å²) in [5.74, 6) is 0. The van der Waals surface area contributed by atoms with Crippen molar-refractivity contribution in [2.75, 3.05) is 7.11 Å². The van der Waals surface area contributed by atoms with E-state index in [2.05, 4.69) is 31.1 Å². The number of para-hydroxylation sites is 1. The molecular weight excluding hydrogens is 238 g/mol. The number of nitrogens with two attached hydrogens (primary N) is 1. The molecule has 2 atom stereocenters. The summed E-state index contributed by atoms with van der Waals surface area (Å²) in [5.41, 5.74) is 8.21. The van der Waals surface area contributed by atoms with Gasteiger partial charge in [0.05, 0.1) is 16.8 Å². The molecule has 104 valence electrons. The van der Waals surface area contributed by atoms with E-state index >= 15 is 0 Å². The molecule has 2 N–H and O–H groups in total. The van der Waals surface area contributed by atoms with E-state index in [0.29, 0.717) is 0 Å². The first-order chi connectivity index (χ1) is 9.01. The minimum Gasteiger partial charge on any atom is -0.377 e. The molecule has 0 bridgehead atoms. The molecule has 0 aliphatic heterocycles. The summed E-state index contributed by atoms with van der Waals surface area (Å²) in [6, 6.07) is 8.17. The second-order valence-electron chi connectivity index (χ2n) is 5.27. The van der Waals surface area contributed by atoms with Crippen LogP contribution in [0.25, 0.3) is 10.9 Å². The van der Waals surface area contributed by atoms with E-state index in [1.54, 1.807) is 7.11 Å². The lowest BCUT2D eigenvalue weighted by atomic mass is 9.90. The molecule has 1 aromatic heterocycles. The van der Waals surface area contributed by atoms with Gasteiger partial charge < -0.3 is 10.5 Å². The van der Waals surface area contributed by atoms with Crippen molar-refractivity contribution in [2.45, 2.75) is 38.3 Å². The maximum Gasteiger partial charge on any atom is 0.0802 e. The minimum atomic E-state index is -0.307. The molecule has 0 saturated carbocycles. The molecule has 2 unspecified atom stereocenters. The molecule has 1 heterocycles. The monoisotopic (exact) mass is 261 g/mol. The van der Waals surface area contributed by atoms with Gasteiger partial charge in [0.1, 0.15) is 0 Å². The van der Waals surface area contributed by atoms with Gasteiger partial charge >= 0.3 is 0 Å². The summed E-state index contributed by atoms with van der Waals surface area (Å²) in [6.07, 6.45) is 1.61. The van der Waals surface area contributed by atoms with E-state index in [4.69, 9.17) is 10.5 Å². The van der Waals surface area contributed by atoms with Crippen LogP contribution in [0.2, 0.25) is 0 Å². The Balaban J connectivity index is 2.31. The molecule has 0 saturated heterocycles. The van der Waals surface area contributed by atoms with Crippen LogP contribution in [0, 0.1) is 0 Å². The maximum atomic E-state index is 6.33. The quantitative estimate of drug-likeness (QED) is 0.898. The van der Waals surface area contributed by atoms with Crippen molar-refractivity contribution in [2.24, 2.45) is 12.8 Å². The first kappa shape index (κ1) is 14.0. The molecule has 4 nitrogen and oxygen atoms in total. The molecule has 1 aromatic carbocycles. The Morgan fingerprint density at radius 3 is 2.74 bits per heavy atom. The van der Waals surface area contributed by atoms with Crippen LogP contribution in [0.3, 0.4) is 0 Å². The van der Waals surface area contributed by atoms with Crippen LogP contribution in [0.1, 0.15) is 26.0 Å². The molecule has 2 rings (SSSR count). The van der Waals surface area contributed by atoms with Crippen LogP contribution in [0.4, 0.5) is 0 Å². The zero-order valence-corrected chi connectivity index (χ0v) is 12.2. The summed E-state index contributed by atoms with van der Waals surface area (Å²) in [4.78, 5) is 0. The van der Waals surface area contributed by atoms with Gasteiger partial charge in [0.25, 0.3) is 0 Å². The summed E-state index contributed by atoms with van der Waals surface area (Å²) in [5, 5.41) is 5.77. The van der Waals surface area contributed by atoms with Crippen molar-refractivity contribution in [1.82, 2.24) is 9.78 Å². The first-order valence-electron chi connectivity index (χ1n) is 6.73. The van der Waals surface area contributed by atoms with Gasteiger partial charge in [-0.3, -0.25) is 4.68 Å². The van der Waals surface area contributed by atoms with Crippen molar-refractivity contribution >= 4 is 10.9 Å². The average molecular weight is 261 g/mol. The molecule has 0 amide bonds. The summed E-state index contributed by atoms with van der Waals surface area (Å²) in [7, 11) is 3.69. The Labute approximate surface area is 114 Å². The van der Waals surface area contributed by atoms with Gasteiger partial charge in [-0.05, 0) is 19.4 Å². The molecule has 0 spiro atoms. The number of ether oxygens (including phenoxy) is 1. The molecule has 0 aliphatic rings. The highest BCUT2D eigenvalue weighted by Crippen LogP contribution is 2.24. The van der Waals surface area contributed by atoms with Gasteiger partial charge in [0, 0.05) is 32.0 Å². The summed E-state index contributed by atoms with van der Waals surface area (Å²) >= 11 is 0. The van der Waals surface area contributed by atoms with Crippen LogP contribution in [0.5, 0.6) is 0 Å². The minimum absolute atomic E-state index is 0.0687. The molecule has 0 radical (unpaired) electrons. The van der Waals surface area contributed by atoms with E-state index in [0.717, 1.165) is 24.1 Å². The lowest BCUT2D eigenvalue weighted by molar-refractivity contribution is -0.0186. The third-order valence-electron chi connectivity index (χ3n) is 4.20. The van der Waals surface area contributed by atoms with Gasteiger partial charge in [-0.1, -0.05) is 25.1 Å². The maximum absolute atomic E-state index is 6.33. The van der Waals surface area contributed by atoms with Crippen molar-refractivity contribution in [1.29, 1.82) is 0 Å². The van der Waals surface area contributed by atoms with E-state index < -0.39 is 0 Å². The fourth-order valence-electron chi connectivity index (χ4n) is 2.42. The third-order valence-corrected chi connectivity index (χ3v) is 4.20. The zero-order chi connectivity index (χ0) is 14.0. The Hall–Kier alpha value is -1.39. The number of aromatic nitrogens is 2. The van der Waals surface area contributed by atoms with Crippen molar-refractivity contribution in [3.8, 4) is 0 Å². The Morgan fingerprint density at radius 2 is 2.11 bits per heavy atom. The van der Waals surface area contributed by atoms with Crippen molar-refractivity contribution in [3.63, 3.8) is 0 Å². The number of hydrogen-bond donors (Lipinski definition) is 1. The van der Waals surface area contributed by atoms with Crippen LogP contribution in [0.15, 0.2) is 24.3 Å². The number of fused-ring (bicyclic) bond motifs is 1. The third kappa shape index (κ3) is 2.51. The number of aryl methyl sites for hydroxylation is 1. The lowest BCUT2D eigenvalue weighted by Gasteiger charge is -2.32. The molecule has 2 aromatic rings. The predicted molar refractivity (Wildman–Crippen MR) is 78.1 cm³/mol. The zero-order valence-electron chi connectivity index (χ0n) is 12.2. The number of methoxy groups -OCH3 is 1. The molecular formula is C15H23N3O. The fourth-order valence-corrected chi connectivity index (χ4v) is 2.42. The van der Waals surface area contributed by atoms with E-state index in [1.165, 1.54) is 5.39 Å². The average Bonchev–Trinajstić information content (AvgIpc) is 2.75. The molecule has 4 heteroatoms. The highest BCUT2D eigenvalue weighted by molar-refractivity contribution is 5.81. The predicted octanol–water partition coefficient (Wildman–Crippen LogP) is 2.26. The van der Waals surface area contributed by atoms with Crippen LogP contribution in [-0.4, -0.2) is 28.5 Å². The van der Waals surface area contributed by atoms with E-state index in [-0.39, 0.29) is 11.6 Å². The highest BCUT2D eigenvalue weighted by Gasteiger charge is 2.30. The van der Waals surface area contributed by atoms with Gasteiger partial charge in [-0.25, -0.2) is 0 Å². The van der Waals surface area contributed by atoms with Gasteiger partial charge in [-0.2, -0.15) is 5.10 Å². The largest absolute Gasteiger partial charge is 0.377 e. The second-order valence-corrected chi connectivity index (χ2v) is 5.27. The first-order valence-corrected chi connectivity index (χ1v) is 6.73. The Morgan fingerprint density at radius 1 is 1.42 bits per heavy atom. The highest BCUT2D eigenvalue weighted by atomic mass is 16.5. The topological polar surface area (TPSA) is 53.1 Å². The SMILES string of the molecule is CCC(C)(OC)C(N)Cc1nn(C)c2ccccc12. The number of nitrogens with zero attached hydrogens (tertiary/aromatic N) is 2. The van der Waals surface area contributed by atoms with Crippen LogP contribution < -0.4 is 5.73 Å². The summed E-state index contributed by atoms with van der Waals surface area (Å²) < 4.78 is 7.49. The Bertz CT molecular complexity index is 558.